The maximum absolute atomic E-state index is 12.5. The number of ether oxygens (including phenoxy) is 2. The van der Waals surface area contributed by atoms with Crippen molar-refractivity contribution in [2.24, 2.45) is 0 Å². The second-order valence-corrected chi connectivity index (χ2v) is 4.93. The molecule has 0 saturated carbocycles. The largest absolute Gasteiger partial charge is 0.481 e. The fraction of sp³-hybridized carbons (Fsp3) is 0.615. The first-order chi connectivity index (χ1) is 10.7. The maximum atomic E-state index is 12.5. The molecule has 0 radical (unpaired) electrons. The minimum atomic E-state index is -2.06. The lowest BCUT2D eigenvalue weighted by atomic mass is 9.94. The second-order valence-electron chi connectivity index (χ2n) is 4.93. The summed E-state index contributed by atoms with van der Waals surface area (Å²) in [4.78, 5) is 60.6. The summed E-state index contributed by atoms with van der Waals surface area (Å²) in [5, 5.41) is 8.65. The standard InChI is InChI=1S/C13H18N2O8/c1-13(11(20)22-2)10(19)14(12(21)23-3)6-7-15(13)8(16)4-5-9(17)18/h4-7H2,1-3H3,(H,17,18)/t13-/m0/s1. The van der Waals surface area contributed by atoms with E-state index in [1.54, 1.807) is 0 Å². The minimum Gasteiger partial charge on any atom is -0.481 e. The number of esters is 1. The van der Waals surface area contributed by atoms with E-state index in [1.807, 2.05) is 0 Å². The Morgan fingerprint density at radius 3 is 2.22 bits per heavy atom. The molecular weight excluding hydrogens is 312 g/mol. The molecular formula is C13H18N2O8. The van der Waals surface area contributed by atoms with Crippen LogP contribution in [0.1, 0.15) is 19.8 Å². The molecule has 0 aliphatic carbocycles. The quantitative estimate of drug-likeness (QED) is 0.525. The molecule has 1 fully saturated rings. The van der Waals surface area contributed by atoms with Gasteiger partial charge in [0.15, 0.2) is 0 Å². The van der Waals surface area contributed by atoms with Crippen LogP contribution in [0.3, 0.4) is 0 Å². The number of carbonyl (C=O) groups excluding carboxylic acids is 4. The Balaban J connectivity index is 3.14. The summed E-state index contributed by atoms with van der Waals surface area (Å²) in [5.41, 5.74) is -2.06. The van der Waals surface area contributed by atoms with Crippen molar-refractivity contribution in [2.45, 2.75) is 25.3 Å². The number of carboxylic acids is 1. The van der Waals surface area contributed by atoms with E-state index >= 15 is 0 Å². The number of rotatable bonds is 4. The molecule has 10 nitrogen and oxygen atoms in total. The van der Waals surface area contributed by atoms with Gasteiger partial charge in [-0.15, -0.1) is 0 Å². The zero-order chi connectivity index (χ0) is 17.8. The van der Waals surface area contributed by atoms with Gasteiger partial charge in [-0.1, -0.05) is 0 Å². The fourth-order valence-corrected chi connectivity index (χ4v) is 2.31. The number of carbonyl (C=O) groups is 5. The Hall–Kier alpha value is -2.65. The highest BCUT2D eigenvalue weighted by atomic mass is 16.5. The lowest BCUT2D eigenvalue weighted by Gasteiger charge is -2.44. The van der Waals surface area contributed by atoms with E-state index in [9.17, 15) is 24.0 Å². The molecule has 1 aliphatic heterocycles. The Labute approximate surface area is 131 Å². The zero-order valence-corrected chi connectivity index (χ0v) is 13.0. The highest BCUT2D eigenvalue weighted by Crippen LogP contribution is 2.26. The van der Waals surface area contributed by atoms with Crippen molar-refractivity contribution in [1.82, 2.24) is 9.80 Å². The third kappa shape index (κ3) is 3.41. The smallest absolute Gasteiger partial charge is 0.416 e. The predicted molar refractivity (Wildman–Crippen MR) is 73.1 cm³/mol. The summed E-state index contributed by atoms with van der Waals surface area (Å²) in [6, 6.07) is 0. The third-order valence-electron chi connectivity index (χ3n) is 3.58. The lowest BCUT2D eigenvalue weighted by molar-refractivity contribution is -0.174. The van der Waals surface area contributed by atoms with Crippen LogP contribution in [0.5, 0.6) is 0 Å². The SMILES string of the molecule is COC(=O)N1CCN(C(=O)CCC(=O)O)[C@](C)(C(=O)OC)C1=O. The Morgan fingerprint density at radius 1 is 1.13 bits per heavy atom. The van der Waals surface area contributed by atoms with Crippen LogP contribution in [0, 0.1) is 0 Å². The van der Waals surface area contributed by atoms with Gasteiger partial charge in [0.25, 0.3) is 5.91 Å². The molecule has 0 unspecified atom stereocenters. The third-order valence-corrected chi connectivity index (χ3v) is 3.58. The van der Waals surface area contributed by atoms with Crippen LogP contribution in [-0.2, 0) is 28.7 Å². The van der Waals surface area contributed by atoms with Crippen LogP contribution in [0.15, 0.2) is 0 Å². The number of hydrogen-bond acceptors (Lipinski definition) is 7. The summed E-state index contributed by atoms with van der Waals surface area (Å²) in [6.07, 6.45) is -1.78. The van der Waals surface area contributed by atoms with Crippen molar-refractivity contribution in [3.05, 3.63) is 0 Å². The fourth-order valence-electron chi connectivity index (χ4n) is 2.31. The normalized spacial score (nSPS) is 20.9. The first-order valence-corrected chi connectivity index (χ1v) is 6.70. The van der Waals surface area contributed by atoms with Crippen molar-refractivity contribution in [1.29, 1.82) is 0 Å². The molecule has 1 rings (SSSR count). The van der Waals surface area contributed by atoms with Gasteiger partial charge >= 0.3 is 18.0 Å². The van der Waals surface area contributed by atoms with Crippen molar-refractivity contribution >= 4 is 29.8 Å². The topological polar surface area (TPSA) is 131 Å². The highest BCUT2D eigenvalue weighted by Gasteiger charge is 2.55. The molecule has 0 aromatic carbocycles. The average Bonchev–Trinajstić information content (AvgIpc) is 2.53. The number of amides is 3. The first-order valence-electron chi connectivity index (χ1n) is 6.70. The van der Waals surface area contributed by atoms with Gasteiger partial charge in [0.05, 0.1) is 20.6 Å². The number of piperazine rings is 1. The number of aliphatic carboxylic acids is 1. The molecule has 128 valence electrons. The van der Waals surface area contributed by atoms with Crippen LogP contribution in [0.2, 0.25) is 0 Å². The van der Waals surface area contributed by atoms with Crippen LogP contribution in [-0.4, -0.2) is 77.6 Å². The molecule has 1 atom stereocenters. The molecule has 0 spiro atoms. The van der Waals surface area contributed by atoms with Crippen molar-refractivity contribution in [2.75, 3.05) is 27.3 Å². The van der Waals surface area contributed by atoms with E-state index < -0.39 is 41.8 Å². The second kappa shape index (κ2) is 7.07. The van der Waals surface area contributed by atoms with Crippen molar-refractivity contribution < 1.29 is 38.6 Å². The molecule has 23 heavy (non-hydrogen) atoms. The van der Waals surface area contributed by atoms with Crippen LogP contribution in [0.4, 0.5) is 4.79 Å². The maximum Gasteiger partial charge on any atom is 0.416 e. The molecule has 0 aromatic rings. The van der Waals surface area contributed by atoms with E-state index in [0.29, 0.717) is 4.90 Å². The van der Waals surface area contributed by atoms with Gasteiger partial charge in [-0.2, -0.15) is 0 Å². The van der Waals surface area contributed by atoms with E-state index in [1.165, 1.54) is 0 Å². The Bertz CT molecular complexity index is 546. The molecule has 3 amide bonds. The molecule has 0 bridgehead atoms. The number of carboxylic acid groups (broad SMARTS) is 1. The summed E-state index contributed by atoms with van der Waals surface area (Å²) in [7, 11) is 2.12. The molecule has 10 heteroatoms. The number of methoxy groups -OCH3 is 2. The van der Waals surface area contributed by atoms with Crippen LogP contribution in [0.25, 0.3) is 0 Å². The van der Waals surface area contributed by atoms with E-state index in [2.05, 4.69) is 9.47 Å². The van der Waals surface area contributed by atoms with Crippen molar-refractivity contribution in [3.8, 4) is 0 Å². The summed E-state index contributed by atoms with van der Waals surface area (Å²) in [5.74, 6) is -3.87. The Kier molecular flexibility index (Phi) is 5.66. The van der Waals surface area contributed by atoms with Gasteiger partial charge in [-0.3, -0.25) is 14.4 Å². The zero-order valence-electron chi connectivity index (χ0n) is 13.0. The minimum absolute atomic E-state index is 0.134. The highest BCUT2D eigenvalue weighted by molar-refractivity contribution is 6.13. The van der Waals surface area contributed by atoms with Gasteiger partial charge in [-0.25, -0.2) is 14.5 Å². The molecule has 1 heterocycles. The van der Waals surface area contributed by atoms with E-state index in [4.69, 9.17) is 5.11 Å². The number of hydrogen-bond donors (Lipinski definition) is 1. The van der Waals surface area contributed by atoms with Crippen molar-refractivity contribution in [3.63, 3.8) is 0 Å². The van der Waals surface area contributed by atoms with Crippen LogP contribution < -0.4 is 0 Å². The van der Waals surface area contributed by atoms with E-state index in [-0.39, 0.29) is 19.5 Å². The summed E-state index contributed by atoms with van der Waals surface area (Å²) < 4.78 is 9.06. The lowest BCUT2D eigenvalue weighted by Crippen LogP contribution is -2.70. The predicted octanol–water partition coefficient (Wildman–Crippen LogP) is -0.780. The molecule has 0 aromatic heterocycles. The van der Waals surface area contributed by atoms with Gasteiger partial charge in [0.2, 0.25) is 11.4 Å². The monoisotopic (exact) mass is 330 g/mol. The first kappa shape index (κ1) is 18.4. The average molecular weight is 330 g/mol. The number of nitrogens with zero attached hydrogens (tertiary/aromatic N) is 2. The molecule has 1 N–H and O–H groups in total. The summed E-state index contributed by atoms with van der Waals surface area (Å²) >= 11 is 0. The molecule has 1 saturated heterocycles. The Morgan fingerprint density at radius 2 is 1.74 bits per heavy atom. The van der Waals surface area contributed by atoms with Gasteiger partial charge < -0.3 is 19.5 Å². The summed E-state index contributed by atoms with van der Waals surface area (Å²) in [6.45, 7) is 0.844. The van der Waals surface area contributed by atoms with E-state index in [0.717, 1.165) is 26.0 Å². The molecule has 1 aliphatic rings. The van der Waals surface area contributed by atoms with Gasteiger partial charge in [-0.05, 0) is 6.92 Å². The van der Waals surface area contributed by atoms with Gasteiger partial charge in [0.1, 0.15) is 0 Å². The van der Waals surface area contributed by atoms with Crippen LogP contribution >= 0.6 is 0 Å². The number of imide groups is 1. The van der Waals surface area contributed by atoms with Gasteiger partial charge in [0, 0.05) is 19.5 Å².